The van der Waals surface area contributed by atoms with Crippen molar-refractivity contribution in [3.05, 3.63) is 46.5 Å². The Hall–Kier alpha value is 0.491. The molecule has 0 saturated heterocycles. The fourth-order valence-electron chi connectivity index (χ4n) is 7.17. The minimum atomic E-state index is -1.81. The molecule has 2 aliphatic rings. The van der Waals surface area contributed by atoms with Crippen molar-refractivity contribution in [3.63, 3.8) is 0 Å². The van der Waals surface area contributed by atoms with E-state index in [1.54, 1.807) is 0 Å². The van der Waals surface area contributed by atoms with Gasteiger partial charge in [0.15, 0.2) is 0 Å². The van der Waals surface area contributed by atoms with E-state index >= 15 is 0 Å². The van der Waals surface area contributed by atoms with Gasteiger partial charge in [0.25, 0.3) is 0 Å². The van der Waals surface area contributed by atoms with Crippen LogP contribution in [0.25, 0.3) is 0 Å². The predicted octanol–water partition coefficient (Wildman–Crippen LogP) is 11.6. The van der Waals surface area contributed by atoms with Crippen LogP contribution in [0.4, 0.5) is 0 Å². The Kier molecular flexibility index (Phi) is 12.9. The summed E-state index contributed by atoms with van der Waals surface area (Å²) in [4.78, 5) is 0. The molecule has 9 heteroatoms. The van der Waals surface area contributed by atoms with E-state index in [1.807, 2.05) is 0 Å². The molecule has 4 rings (SSSR count). The Morgan fingerprint density at radius 2 is 0.898 bits per heavy atom. The van der Waals surface area contributed by atoms with Crippen LogP contribution in [-0.4, -0.2) is 51.1 Å². The van der Waals surface area contributed by atoms with E-state index in [4.69, 9.17) is 0 Å². The molecule has 1 heterocycles. The summed E-state index contributed by atoms with van der Waals surface area (Å²) in [6, 6.07) is 9.72. The van der Waals surface area contributed by atoms with E-state index in [2.05, 4.69) is 131 Å². The fraction of sp³-hybridized carbons (Fsp3) is 0.700. The summed E-state index contributed by atoms with van der Waals surface area (Å²) < 4.78 is 0. The van der Waals surface area contributed by atoms with E-state index in [9.17, 15) is 10.2 Å². The molecule has 2 N–H and O–H groups in total. The molecule has 0 bridgehead atoms. The van der Waals surface area contributed by atoms with Crippen molar-refractivity contribution in [2.45, 2.75) is 178 Å². The number of phenols is 2. The zero-order chi connectivity index (χ0) is 37.1. The first-order valence-corrected chi connectivity index (χ1v) is 43.0. The van der Waals surface area contributed by atoms with Crippen LogP contribution in [0.1, 0.15) is 102 Å². The summed E-state index contributed by atoms with van der Waals surface area (Å²) in [5.41, 5.74) is 5.52. The van der Waals surface area contributed by atoms with Crippen molar-refractivity contribution in [2.24, 2.45) is 0 Å². The maximum atomic E-state index is 12.2. The van der Waals surface area contributed by atoms with Gasteiger partial charge < -0.3 is 0 Å². The van der Waals surface area contributed by atoms with Gasteiger partial charge in [-0.2, -0.15) is 0 Å². The Morgan fingerprint density at radius 1 is 0.571 bits per heavy atom. The molecular formula is C40H72O2S2Si4Zr. The van der Waals surface area contributed by atoms with Gasteiger partial charge in [-0.05, 0) is 0 Å². The zero-order valence-electron chi connectivity index (χ0n) is 34.3. The second-order valence-corrected chi connectivity index (χ2v) is 69.3. The molecule has 1 aliphatic carbocycles. The van der Waals surface area contributed by atoms with Gasteiger partial charge in [0.1, 0.15) is 0 Å². The molecule has 2 nitrogen and oxygen atoms in total. The summed E-state index contributed by atoms with van der Waals surface area (Å²) in [5.74, 6) is 3.55. The summed E-state index contributed by atoms with van der Waals surface area (Å²) in [6.45, 7) is 39.3. The van der Waals surface area contributed by atoms with Crippen LogP contribution in [-0.2, 0) is 41.5 Å². The zero-order valence-corrected chi connectivity index (χ0v) is 42.4. The van der Waals surface area contributed by atoms with E-state index in [0.717, 1.165) is 22.0 Å². The van der Waals surface area contributed by atoms with Crippen LogP contribution in [0.15, 0.2) is 24.3 Å². The van der Waals surface area contributed by atoms with Crippen LogP contribution < -0.4 is 10.4 Å². The molecule has 0 radical (unpaired) electrons. The fourth-order valence-corrected chi connectivity index (χ4v) is 46.2. The van der Waals surface area contributed by atoms with Crippen molar-refractivity contribution in [3.8, 4) is 11.5 Å². The van der Waals surface area contributed by atoms with Gasteiger partial charge >= 0.3 is 321 Å². The molecule has 1 saturated carbocycles. The molecule has 0 spiro atoms. The van der Waals surface area contributed by atoms with Crippen LogP contribution in [0.2, 0.25) is 65.5 Å². The van der Waals surface area contributed by atoms with Crippen LogP contribution in [0, 0.1) is 0 Å². The summed E-state index contributed by atoms with van der Waals surface area (Å²) in [6.07, 6.45) is 8.29. The van der Waals surface area contributed by atoms with Gasteiger partial charge in [-0.1, -0.05) is 0 Å². The standard InChI is InChI=1S/C40H72O2S2Si4.Zr/c1-39(2,3)31-23-29(37(41)35(25-31)47(13,14)45(7,8)9)27-43-33-21-19-17-18-20-22-34(33)44-28-30-24-32(40(4,5)6)26-36(38(30)42)48(15,16)46(10,11)12;/h23-26,33-34,41-42H,17-22,27-28H2,1-16H3;/t33-,34?;/m0./s1. The Labute approximate surface area is 318 Å². The third-order valence-electron chi connectivity index (χ3n) is 12.9. The monoisotopic (exact) mass is 850 g/mol. The van der Waals surface area contributed by atoms with Gasteiger partial charge in [0.2, 0.25) is 0 Å². The Morgan fingerprint density at radius 3 is 1.18 bits per heavy atom. The number of fused-ring (bicyclic) bond motifs is 1. The second kappa shape index (κ2) is 15.0. The van der Waals surface area contributed by atoms with Gasteiger partial charge in [-0.3, -0.25) is 0 Å². The van der Waals surface area contributed by atoms with Crippen LogP contribution in [0.3, 0.4) is 0 Å². The molecule has 0 amide bonds. The van der Waals surface area contributed by atoms with Crippen molar-refractivity contribution in [1.29, 1.82) is 0 Å². The van der Waals surface area contributed by atoms with Crippen molar-refractivity contribution in [1.82, 2.24) is 0 Å². The number of rotatable bonds is 8. The molecule has 3 unspecified atom stereocenters. The molecule has 1 fully saturated rings. The van der Waals surface area contributed by atoms with Crippen molar-refractivity contribution >= 4 is 55.0 Å². The number of aromatic hydroxyl groups is 2. The van der Waals surface area contributed by atoms with Gasteiger partial charge in [0, 0.05) is 0 Å². The normalized spacial score (nSPS) is 22.9. The SMILES string of the molecule is CC(C)(C)c1cc(C[S]2=[Zr]=[S](Cc3cc(C(C)(C)C)cc([Si](C)(C)[Si](C)(C)C)c3O)[C@H]3CCCCCCC32)c(O)c([Si](C)(C)[Si](C)(C)C)c1. The quantitative estimate of drug-likeness (QED) is 0.260. The third-order valence-corrected chi connectivity index (χ3v) is 69.8. The summed E-state index contributed by atoms with van der Waals surface area (Å²) >= 11 is -0.802. The molecule has 2 aromatic carbocycles. The van der Waals surface area contributed by atoms with Gasteiger partial charge in [0.05, 0.1) is 0 Å². The maximum absolute atomic E-state index is 12.2. The topological polar surface area (TPSA) is 40.5 Å². The van der Waals surface area contributed by atoms with Crippen LogP contribution >= 0.6 is 14.2 Å². The summed E-state index contributed by atoms with van der Waals surface area (Å²) in [7, 11) is -5.79. The average molecular weight is 853 g/mol. The third kappa shape index (κ3) is 9.07. The second-order valence-electron chi connectivity index (χ2n) is 20.6. The van der Waals surface area contributed by atoms with E-state index in [0.29, 0.717) is 25.7 Å². The minimum absolute atomic E-state index is 0.0628. The molecule has 0 aromatic heterocycles. The summed E-state index contributed by atoms with van der Waals surface area (Å²) in [5, 5.41) is 28.7. The van der Waals surface area contributed by atoms with Crippen molar-refractivity contribution < 1.29 is 29.4 Å². The van der Waals surface area contributed by atoms with Crippen molar-refractivity contribution in [2.75, 3.05) is 0 Å². The van der Waals surface area contributed by atoms with Gasteiger partial charge in [-0.15, -0.1) is 0 Å². The molecule has 49 heavy (non-hydrogen) atoms. The number of hydrogen-bond donors (Lipinski definition) is 2. The first kappa shape index (κ1) is 42.2. The van der Waals surface area contributed by atoms with E-state index in [-0.39, 0.29) is 10.8 Å². The Bertz CT molecular complexity index is 1510. The predicted molar refractivity (Wildman–Crippen MR) is 232 cm³/mol. The molecule has 2 aromatic rings. The molecule has 1 aliphatic heterocycles. The average Bonchev–Trinajstić information content (AvgIpc) is 3.21. The van der Waals surface area contributed by atoms with Gasteiger partial charge in [-0.25, -0.2) is 0 Å². The van der Waals surface area contributed by atoms with E-state index in [1.165, 1.54) is 71.2 Å². The molecular weight excluding hydrogens is 780 g/mol. The first-order chi connectivity index (χ1) is 22.2. The molecule has 4 atom stereocenters. The number of hydrogen-bond acceptors (Lipinski definition) is 2. The number of phenolic OH excluding ortho intramolecular Hbond substituents is 2. The van der Waals surface area contributed by atoms with E-state index < -0.39 is 49.5 Å². The Balaban J connectivity index is 1.91. The first-order valence-electron chi connectivity index (χ1n) is 19.1. The van der Waals surface area contributed by atoms with Crippen LogP contribution in [0.5, 0.6) is 11.5 Å². The number of benzene rings is 2. The molecule has 276 valence electrons.